The molecule has 0 spiro atoms. The Hall–Kier alpha value is -0.0151. The van der Waals surface area contributed by atoms with Crippen molar-refractivity contribution in [3.8, 4) is 0 Å². The van der Waals surface area contributed by atoms with Crippen LogP contribution < -0.4 is 0 Å². The van der Waals surface area contributed by atoms with E-state index < -0.39 is 0 Å². The van der Waals surface area contributed by atoms with Crippen molar-refractivity contribution >= 4 is 7.12 Å². The van der Waals surface area contributed by atoms with Crippen molar-refractivity contribution < 1.29 is 9.31 Å². The average molecular weight is 170 g/mol. The Morgan fingerprint density at radius 3 is 2.50 bits per heavy atom. The maximum atomic E-state index is 5.42. The van der Waals surface area contributed by atoms with Crippen LogP contribution in [0.4, 0.5) is 0 Å². The minimum Gasteiger partial charge on any atom is -0.409 e. The lowest BCUT2D eigenvalue weighted by atomic mass is 9.71. The van der Waals surface area contributed by atoms with Gasteiger partial charge in [0, 0.05) is 0 Å². The lowest BCUT2D eigenvalue weighted by Crippen LogP contribution is -2.20. The molecule has 1 aliphatic rings. The summed E-state index contributed by atoms with van der Waals surface area (Å²) in [5.74, 6) is 0.569. The maximum absolute atomic E-state index is 5.42. The minimum atomic E-state index is 0.0851. The summed E-state index contributed by atoms with van der Waals surface area (Å²) in [5.41, 5.74) is 0. The van der Waals surface area contributed by atoms with Crippen molar-refractivity contribution in [2.24, 2.45) is 0 Å². The van der Waals surface area contributed by atoms with Gasteiger partial charge < -0.3 is 9.31 Å². The first kappa shape index (κ1) is 10.1. The Morgan fingerprint density at radius 2 is 1.92 bits per heavy atom. The van der Waals surface area contributed by atoms with Crippen molar-refractivity contribution in [1.29, 1.82) is 0 Å². The van der Waals surface area contributed by atoms with E-state index in [1.165, 1.54) is 25.7 Å². The number of unbranched alkanes of at least 4 members (excludes halogenated alkanes) is 2. The summed E-state index contributed by atoms with van der Waals surface area (Å²) >= 11 is 0. The standard InChI is InChI=1S/C9H19BO2/c1-3-4-5-6-9(2)10-11-7-8-12-10/h9H,3-8H2,1-2H3. The molecule has 1 atom stereocenters. The quantitative estimate of drug-likeness (QED) is 0.466. The number of rotatable bonds is 5. The zero-order chi connectivity index (χ0) is 8.81. The first-order valence-electron chi connectivity index (χ1n) is 5.07. The molecule has 0 aliphatic carbocycles. The molecule has 3 heteroatoms. The molecule has 0 N–H and O–H groups in total. The molecule has 1 rings (SSSR count). The summed E-state index contributed by atoms with van der Waals surface area (Å²) in [6.07, 6.45) is 5.16. The molecular weight excluding hydrogens is 151 g/mol. The van der Waals surface area contributed by atoms with Crippen LogP contribution in [0.25, 0.3) is 0 Å². The van der Waals surface area contributed by atoms with E-state index in [-0.39, 0.29) is 7.12 Å². The van der Waals surface area contributed by atoms with E-state index >= 15 is 0 Å². The molecule has 0 aromatic carbocycles. The molecule has 12 heavy (non-hydrogen) atoms. The van der Waals surface area contributed by atoms with Crippen LogP contribution in [0.3, 0.4) is 0 Å². The third-order valence-electron chi connectivity index (χ3n) is 2.38. The van der Waals surface area contributed by atoms with E-state index in [2.05, 4.69) is 13.8 Å². The van der Waals surface area contributed by atoms with E-state index in [9.17, 15) is 0 Å². The molecule has 1 fully saturated rings. The summed E-state index contributed by atoms with van der Waals surface area (Å²) < 4.78 is 10.8. The summed E-state index contributed by atoms with van der Waals surface area (Å²) in [7, 11) is 0.0851. The highest BCUT2D eigenvalue weighted by atomic mass is 16.6. The Kier molecular flexibility index (Phi) is 4.70. The average Bonchev–Trinajstić information content (AvgIpc) is 2.56. The summed E-state index contributed by atoms with van der Waals surface area (Å²) in [6, 6.07) is 0. The zero-order valence-electron chi connectivity index (χ0n) is 8.21. The zero-order valence-corrected chi connectivity index (χ0v) is 8.21. The highest BCUT2D eigenvalue weighted by molar-refractivity contribution is 6.46. The molecule has 1 unspecified atom stereocenters. The van der Waals surface area contributed by atoms with Crippen LogP contribution in [0, 0.1) is 0 Å². The molecule has 0 amide bonds. The SMILES string of the molecule is CCCCCC(C)B1OCCO1. The van der Waals surface area contributed by atoms with E-state index in [1.807, 2.05) is 0 Å². The molecule has 1 saturated heterocycles. The van der Waals surface area contributed by atoms with Crippen molar-refractivity contribution in [2.75, 3.05) is 13.2 Å². The third kappa shape index (κ3) is 3.15. The fourth-order valence-electron chi connectivity index (χ4n) is 1.56. The van der Waals surface area contributed by atoms with Gasteiger partial charge in [-0.05, 0) is 5.82 Å². The molecule has 0 aromatic rings. The largest absolute Gasteiger partial charge is 0.460 e. The first-order chi connectivity index (χ1) is 5.84. The third-order valence-corrected chi connectivity index (χ3v) is 2.38. The molecule has 70 valence electrons. The van der Waals surface area contributed by atoms with Crippen LogP contribution in [0.2, 0.25) is 5.82 Å². The molecule has 1 aliphatic heterocycles. The summed E-state index contributed by atoms with van der Waals surface area (Å²) in [4.78, 5) is 0. The molecule has 1 heterocycles. The molecule has 0 radical (unpaired) electrons. The van der Waals surface area contributed by atoms with Gasteiger partial charge in [-0.2, -0.15) is 0 Å². The second kappa shape index (κ2) is 5.60. The highest BCUT2D eigenvalue weighted by Gasteiger charge is 2.29. The molecule has 0 aromatic heterocycles. The summed E-state index contributed by atoms with van der Waals surface area (Å²) in [5, 5.41) is 0. The van der Waals surface area contributed by atoms with Gasteiger partial charge in [0.1, 0.15) is 0 Å². The molecule has 0 saturated carbocycles. The van der Waals surface area contributed by atoms with Crippen LogP contribution in [0.1, 0.15) is 39.5 Å². The predicted octanol–water partition coefficient (Wildman–Crippen LogP) is 2.49. The Balaban J connectivity index is 2.05. The van der Waals surface area contributed by atoms with Crippen molar-refractivity contribution in [2.45, 2.75) is 45.3 Å². The minimum absolute atomic E-state index is 0.0851. The monoisotopic (exact) mass is 170 g/mol. The fraction of sp³-hybridized carbons (Fsp3) is 1.00. The van der Waals surface area contributed by atoms with E-state index in [0.29, 0.717) is 5.82 Å². The van der Waals surface area contributed by atoms with Gasteiger partial charge in [-0.25, -0.2) is 0 Å². The van der Waals surface area contributed by atoms with Crippen LogP contribution >= 0.6 is 0 Å². The van der Waals surface area contributed by atoms with E-state index in [1.54, 1.807) is 0 Å². The molecular formula is C9H19BO2. The van der Waals surface area contributed by atoms with E-state index in [4.69, 9.17) is 9.31 Å². The highest BCUT2D eigenvalue weighted by Crippen LogP contribution is 2.22. The predicted molar refractivity (Wildman–Crippen MR) is 51.2 cm³/mol. The molecule has 2 nitrogen and oxygen atoms in total. The smallest absolute Gasteiger partial charge is 0.409 e. The van der Waals surface area contributed by atoms with E-state index in [0.717, 1.165) is 13.2 Å². The van der Waals surface area contributed by atoms with Gasteiger partial charge in [0.05, 0.1) is 13.2 Å². The lowest BCUT2D eigenvalue weighted by Gasteiger charge is -2.12. The number of hydrogen-bond acceptors (Lipinski definition) is 2. The van der Waals surface area contributed by atoms with Gasteiger partial charge in [0.15, 0.2) is 0 Å². The van der Waals surface area contributed by atoms with Crippen molar-refractivity contribution in [3.63, 3.8) is 0 Å². The maximum Gasteiger partial charge on any atom is 0.460 e. The Morgan fingerprint density at radius 1 is 1.25 bits per heavy atom. The first-order valence-corrected chi connectivity index (χ1v) is 5.07. The van der Waals surface area contributed by atoms with Gasteiger partial charge in [-0.1, -0.05) is 39.5 Å². The van der Waals surface area contributed by atoms with Gasteiger partial charge in [-0.3, -0.25) is 0 Å². The van der Waals surface area contributed by atoms with Crippen molar-refractivity contribution in [1.82, 2.24) is 0 Å². The normalized spacial score (nSPS) is 20.0. The topological polar surface area (TPSA) is 18.5 Å². The van der Waals surface area contributed by atoms with Crippen LogP contribution in [0.5, 0.6) is 0 Å². The Bertz CT molecular complexity index is 113. The second-order valence-electron chi connectivity index (χ2n) is 3.58. The van der Waals surface area contributed by atoms with Gasteiger partial charge in [0.2, 0.25) is 0 Å². The Labute approximate surface area is 75.8 Å². The van der Waals surface area contributed by atoms with Gasteiger partial charge in [-0.15, -0.1) is 0 Å². The van der Waals surface area contributed by atoms with Crippen LogP contribution in [-0.2, 0) is 9.31 Å². The van der Waals surface area contributed by atoms with Crippen LogP contribution in [0.15, 0.2) is 0 Å². The van der Waals surface area contributed by atoms with Gasteiger partial charge >= 0.3 is 7.12 Å². The van der Waals surface area contributed by atoms with Gasteiger partial charge in [0.25, 0.3) is 0 Å². The molecule has 0 bridgehead atoms. The second-order valence-corrected chi connectivity index (χ2v) is 3.58. The fourth-order valence-corrected chi connectivity index (χ4v) is 1.56. The lowest BCUT2D eigenvalue weighted by molar-refractivity contribution is 0.354. The van der Waals surface area contributed by atoms with Crippen molar-refractivity contribution in [3.05, 3.63) is 0 Å². The summed E-state index contributed by atoms with van der Waals surface area (Å²) in [6.45, 7) is 6.00. The van der Waals surface area contributed by atoms with Crippen LogP contribution in [-0.4, -0.2) is 20.3 Å². The number of hydrogen-bond donors (Lipinski definition) is 0.